The highest BCUT2D eigenvalue weighted by Crippen LogP contribution is 2.68. The third-order valence-electron chi connectivity index (χ3n) is 8.02. The molecule has 7 nitrogen and oxygen atoms in total. The van der Waals surface area contributed by atoms with Gasteiger partial charge in [0.2, 0.25) is 17.1 Å². The molecule has 0 spiro atoms. The number of benzene rings is 1. The number of hydrogen-bond donors (Lipinski definition) is 1. The van der Waals surface area contributed by atoms with Crippen molar-refractivity contribution in [3.05, 3.63) is 29.8 Å². The van der Waals surface area contributed by atoms with Gasteiger partial charge in [0, 0.05) is 6.42 Å². The molecule has 0 radical (unpaired) electrons. The topological polar surface area (TPSA) is 123 Å². The van der Waals surface area contributed by atoms with Crippen molar-refractivity contribution >= 4 is 5.90 Å². The summed E-state index contributed by atoms with van der Waals surface area (Å²) in [5.41, 5.74) is -2.96. The van der Waals surface area contributed by atoms with Crippen molar-refractivity contribution in [2.75, 3.05) is 6.61 Å². The van der Waals surface area contributed by atoms with Crippen molar-refractivity contribution in [1.82, 2.24) is 0 Å². The lowest BCUT2D eigenvalue weighted by atomic mass is 9.52. The molecule has 35 heavy (non-hydrogen) atoms. The fraction of sp³-hybridized carbons (Fsp3) is 0.643. The summed E-state index contributed by atoms with van der Waals surface area (Å²) in [6.45, 7) is 2.83. The summed E-state index contributed by atoms with van der Waals surface area (Å²) in [5.74, 6) is -1.29. The van der Waals surface area contributed by atoms with Gasteiger partial charge in [-0.15, -0.1) is 0 Å². The Bertz CT molecular complexity index is 1040. The SMILES string of the molecule is CCCCCCCOc1ccc(C2OC34CCCCCCC3C(C#N)(C(=N)O4)C2(C#N)C#N)cc1. The van der Waals surface area contributed by atoms with Crippen LogP contribution in [0, 0.1) is 56.2 Å². The van der Waals surface area contributed by atoms with Crippen LogP contribution < -0.4 is 4.74 Å². The van der Waals surface area contributed by atoms with Gasteiger partial charge in [0.15, 0.2) is 5.41 Å². The Morgan fingerprint density at radius 1 is 0.971 bits per heavy atom. The molecule has 4 rings (SSSR count). The Morgan fingerprint density at radius 3 is 2.37 bits per heavy atom. The molecular weight excluding hydrogens is 440 g/mol. The van der Waals surface area contributed by atoms with Crippen LogP contribution in [0.3, 0.4) is 0 Å². The van der Waals surface area contributed by atoms with E-state index in [2.05, 4.69) is 25.1 Å². The molecule has 7 heteroatoms. The normalized spacial score (nSPS) is 31.0. The Labute approximate surface area is 208 Å². The maximum Gasteiger partial charge on any atom is 0.217 e. The molecule has 0 aromatic heterocycles. The second-order valence-electron chi connectivity index (χ2n) is 10.0. The minimum atomic E-state index is -1.90. The third kappa shape index (κ3) is 3.95. The van der Waals surface area contributed by atoms with Crippen LogP contribution in [0.2, 0.25) is 0 Å². The number of nitrogens with zero attached hydrogens (tertiary/aromatic N) is 3. The van der Waals surface area contributed by atoms with Gasteiger partial charge in [0.1, 0.15) is 11.9 Å². The van der Waals surface area contributed by atoms with Crippen LogP contribution in [-0.4, -0.2) is 18.3 Å². The number of nitrogens with one attached hydrogen (secondary N) is 1. The van der Waals surface area contributed by atoms with E-state index in [-0.39, 0.29) is 5.90 Å². The van der Waals surface area contributed by atoms with E-state index >= 15 is 0 Å². The minimum Gasteiger partial charge on any atom is -0.494 e. The van der Waals surface area contributed by atoms with E-state index in [1.54, 1.807) is 12.1 Å². The monoisotopic (exact) mass is 474 g/mol. The summed E-state index contributed by atoms with van der Waals surface area (Å²) in [6, 6.07) is 13.8. The molecule has 3 fully saturated rings. The molecule has 1 aromatic rings. The molecule has 4 atom stereocenters. The van der Waals surface area contributed by atoms with Crippen molar-refractivity contribution in [2.45, 2.75) is 89.4 Å². The first-order valence-corrected chi connectivity index (χ1v) is 13.0. The number of rotatable bonds is 8. The Morgan fingerprint density at radius 2 is 1.69 bits per heavy atom. The lowest BCUT2D eigenvalue weighted by molar-refractivity contribution is -0.289. The number of nitriles is 3. The predicted octanol–water partition coefficient (Wildman–Crippen LogP) is 6.32. The van der Waals surface area contributed by atoms with Crippen molar-refractivity contribution in [3.8, 4) is 24.0 Å². The molecule has 1 saturated carbocycles. The molecule has 1 N–H and O–H groups in total. The van der Waals surface area contributed by atoms with E-state index in [0.717, 1.165) is 38.5 Å². The van der Waals surface area contributed by atoms with Gasteiger partial charge in [-0.3, -0.25) is 5.41 Å². The molecule has 1 aromatic carbocycles. The average Bonchev–Trinajstić information content (AvgIpc) is 3.03. The van der Waals surface area contributed by atoms with E-state index in [0.29, 0.717) is 30.8 Å². The maximum atomic E-state index is 10.5. The first kappa shape index (κ1) is 25.0. The molecule has 2 saturated heterocycles. The highest BCUT2D eigenvalue weighted by atomic mass is 16.7. The number of ether oxygens (including phenoxy) is 3. The van der Waals surface area contributed by atoms with E-state index in [1.807, 2.05) is 12.1 Å². The summed E-state index contributed by atoms with van der Waals surface area (Å²) in [6.07, 6.45) is 9.61. The van der Waals surface area contributed by atoms with Gasteiger partial charge >= 0.3 is 0 Å². The van der Waals surface area contributed by atoms with Crippen molar-refractivity contribution in [3.63, 3.8) is 0 Å². The summed E-state index contributed by atoms with van der Waals surface area (Å²) in [4.78, 5) is 0. The van der Waals surface area contributed by atoms with Crippen molar-refractivity contribution in [1.29, 1.82) is 21.2 Å². The summed E-state index contributed by atoms with van der Waals surface area (Å²) < 4.78 is 18.5. The van der Waals surface area contributed by atoms with Gasteiger partial charge in [-0.25, -0.2) is 0 Å². The summed E-state index contributed by atoms with van der Waals surface area (Å²) in [5, 5.41) is 40.0. The molecule has 2 bridgehead atoms. The molecule has 2 heterocycles. The van der Waals surface area contributed by atoms with Gasteiger partial charge in [0.25, 0.3) is 0 Å². The summed E-state index contributed by atoms with van der Waals surface area (Å²) >= 11 is 0. The first-order valence-electron chi connectivity index (χ1n) is 13.0. The Balaban J connectivity index is 1.64. The zero-order chi connectivity index (χ0) is 24.9. The fourth-order valence-electron chi connectivity index (χ4n) is 6.15. The number of hydrogen-bond acceptors (Lipinski definition) is 7. The van der Waals surface area contributed by atoms with Crippen LogP contribution in [0.25, 0.3) is 0 Å². The van der Waals surface area contributed by atoms with Crippen LogP contribution >= 0.6 is 0 Å². The number of unbranched alkanes of at least 4 members (excludes halogenated alkanes) is 4. The molecular formula is C28H34N4O3. The van der Waals surface area contributed by atoms with E-state index < -0.39 is 28.6 Å². The lowest BCUT2D eigenvalue weighted by Crippen LogP contribution is -2.59. The first-order chi connectivity index (χ1) is 17.0. The maximum absolute atomic E-state index is 10.5. The van der Waals surface area contributed by atoms with E-state index in [4.69, 9.17) is 19.6 Å². The van der Waals surface area contributed by atoms with Crippen LogP contribution in [0.1, 0.15) is 89.2 Å². The largest absolute Gasteiger partial charge is 0.494 e. The van der Waals surface area contributed by atoms with Gasteiger partial charge in [-0.2, -0.15) is 15.8 Å². The third-order valence-corrected chi connectivity index (χ3v) is 8.02. The van der Waals surface area contributed by atoms with Crippen LogP contribution in [0.4, 0.5) is 0 Å². The van der Waals surface area contributed by atoms with E-state index in [1.165, 1.54) is 19.3 Å². The molecule has 1 aliphatic carbocycles. The van der Waals surface area contributed by atoms with Crippen LogP contribution in [0.15, 0.2) is 24.3 Å². The lowest BCUT2D eigenvalue weighted by Gasteiger charge is -2.50. The molecule has 4 unspecified atom stereocenters. The van der Waals surface area contributed by atoms with E-state index in [9.17, 15) is 15.8 Å². The van der Waals surface area contributed by atoms with Crippen LogP contribution in [-0.2, 0) is 9.47 Å². The quantitative estimate of drug-likeness (QED) is 0.439. The average molecular weight is 475 g/mol. The van der Waals surface area contributed by atoms with Crippen LogP contribution in [0.5, 0.6) is 5.75 Å². The molecule has 3 aliphatic rings. The zero-order valence-corrected chi connectivity index (χ0v) is 20.5. The summed E-state index contributed by atoms with van der Waals surface area (Å²) in [7, 11) is 0. The Kier molecular flexibility index (Phi) is 7.34. The molecule has 0 amide bonds. The standard InChI is InChI=1S/C28H34N4O3/c1-2-3-4-7-10-17-33-22-14-12-21(13-15-22)24-26(18-29,19-30)27(20-31)23-11-8-5-6-9-16-28(23,34-24)35-25(27)32/h12-15,23-24,32H,2-11,16-17H2,1H3. The van der Waals surface area contributed by atoms with Crippen molar-refractivity contribution in [2.24, 2.45) is 16.7 Å². The van der Waals surface area contributed by atoms with Gasteiger partial charge in [-0.05, 0) is 37.0 Å². The minimum absolute atomic E-state index is 0.305. The Hall–Kier alpha value is -3.08. The fourth-order valence-corrected chi connectivity index (χ4v) is 6.15. The molecule has 2 aliphatic heterocycles. The highest BCUT2D eigenvalue weighted by molar-refractivity contribution is 5.89. The van der Waals surface area contributed by atoms with Gasteiger partial charge in [-0.1, -0.05) is 64.0 Å². The second-order valence-corrected chi connectivity index (χ2v) is 10.0. The van der Waals surface area contributed by atoms with Gasteiger partial charge < -0.3 is 14.2 Å². The highest BCUT2D eigenvalue weighted by Gasteiger charge is 2.80. The second kappa shape index (κ2) is 10.3. The van der Waals surface area contributed by atoms with Gasteiger partial charge in [0.05, 0.1) is 30.7 Å². The smallest absolute Gasteiger partial charge is 0.217 e. The van der Waals surface area contributed by atoms with Crippen molar-refractivity contribution < 1.29 is 14.2 Å². The zero-order valence-electron chi connectivity index (χ0n) is 20.5. The molecule has 184 valence electrons. The predicted molar refractivity (Wildman–Crippen MR) is 129 cm³/mol.